The summed E-state index contributed by atoms with van der Waals surface area (Å²) in [6.07, 6.45) is 0. The van der Waals surface area contributed by atoms with Crippen LogP contribution in [0.2, 0.25) is 5.02 Å². The molecule has 2 rings (SSSR count). The highest BCUT2D eigenvalue weighted by atomic mass is 35.5. The van der Waals surface area contributed by atoms with Crippen LogP contribution in [0.3, 0.4) is 0 Å². The van der Waals surface area contributed by atoms with Crippen LogP contribution in [0.4, 0.5) is 4.39 Å². The molecule has 0 spiro atoms. The van der Waals surface area contributed by atoms with E-state index >= 15 is 0 Å². The van der Waals surface area contributed by atoms with Gasteiger partial charge in [0.2, 0.25) is 11.8 Å². The lowest BCUT2D eigenvalue weighted by molar-refractivity contribution is -0.134. The van der Waals surface area contributed by atoms with Crippen molar-refractivity contribution in [3.63, 3.8) is 0 Å². The van der Waals surface area contributed by atoms with Gasteiger partial charge < -0.3 is 15.0 Å². The van der Waals surface area contributed by atoms with Gasteiger partial charge in [-0.05, 0) is 17.7 Å². The number of carbonyl (C=O) groups excluding carboxylic acids is 2. The van der Waals surface area contributed by atoms with Gasteiger partial charge in [0.15, 0.2) is 0 Å². The van der Waals surface area contributed by atoms with E-state index in [0.717, 1.165) is 11.3 Å². The summed E-state index contributed by atoms with van der Waals surface area (Å²) >= 11 is 9.02. The number of amides is 2. The predicted molar refractivity (Wildman–Crippen MR) is 132 cm³/mol. The van der Waals surface area contributed by atoms with E-state index < -0.39 is 0 Å². The van der Waals surface area contributed by atoms with E-state index in [4.69, 9.17) is 16.3 Å². The van der Waals surface area contributed by atoms with Crippen LogP contribution in [0, 0.1) is 5.82 Å². The molecule has 0 bridgehead atoms. The number of methoxy groups -OCH3 is 1. The largest absolute Gasteiger partial charge is 0.383 e. The van der Waals surface area contributed by atoms with Crippen molar-refractivity contribution in [1.29, 1.82) is 0 Å². The van der Waals surface area contributed by atoms with Crippen molar-refractivity contribution in [3.05, 3.63) is 70.5 Å². The summed E-state index contributed by atoms with van der Waals surface area (Å²) in [5.41, 5.74) is 1.62. The van der Waals surface area contributed by atoms with Crippen molar-refractivity contribution < 1.29 is 18.7 Å². The Hall–Kier alpha value is -1.74. The Labute approximate surface area is 202 Å². The number of carbonyl (C=O) groups is 2. The number of rotatable bonds is 14. The van der Waals surface area contributed by atoms with Crippen LogP contribution in [0.1, 0.15) is 11.1 Å². The number of benzene rings is 2. The van der Waals surface area contributed by atoms with Crippen LogP contribution in [-0.2, 0) is 25.8 Å². The van der Waals surface area contributed by atoms with Crippen molar-refractivity contribution in [2.75, 3.05) is 44.9 Å². The second-order valence-electron chi connectivity index (χ2n) is 6.89. The molecule has 0 saturated heterocycles. The summed E-state index contributed by atoms with van der Waals surface area (Å²) in [5, 5.41) is 3.22. The number of ether oxygens (including phenoxy) is 1. The zero-order valence-electron chi connectivity index (χ0n) is 18.0. The zero-order valence-corrected chi connectivity index (χ0v) is 20.4. The first-order valence-electron chi connectivity index (χ1n) is 10.2. The highest BCUT2D eigenvalue weighted by Gasteiger charge is 2.17. The molecule has 0 unspecified atom stereocenters. The molecular weight excluding hydrogens is 471 g/mol. The van der Waals surface area contributed by atoms with Gasteiger partial charge in [-0.1, -0.05) is 48.0 Å². The van der Waals surface area contributed by atoms with Gasteiger partial charge in [0, 0.05) is 48.0 Å². The maximum Gasteiger partial charge on any atom is 0.239 e. The van der Waals surface area contributed by atoms with Crippen LogP contribution in [0.25, 0.3) is 0 Å². The number of nitrogens with one attached hydrogen (secondary N) is 1. The van der Waals surface area contributed by atoms with Gasteiger partial charge in [-0.3, -0.25) is 9.59 Å². The number of thioether (sulfide) groups is 2. The lowest BCUT2D eigenvalue weighted by atomic mass is 10.2. The highest BCUT2D eigenvalue weighted by molar-refractivity contribution is 7.99. The van der Waals surface area contributed by atoms with Crippen molar-refractivity contribution >= 4 is 46.9 Å². The Balaban J connectivity index is 1.70. The Morgan fingerprint density at radius 3 is 2.59 bits per heavy atom. The van der Waals surface area contributed by atoms with Gasteiger partial charge in [-0.15, -0.1) is 11.8 Å². The second kappa shape index (κ2) is 15.2. The normalized spacial score (nSPS) is 10.7. The molecule has 32 heavy (non-hydrogen) atoms. The van der Waals surface area contributed by atoms with Crippen molar-refractivity contribution in [3.8, 4) is 0 Å². The minimum atomic E-state index is -0.327. The average molecular weight is 499 g/mol. The fourth-order valence-electron chi connectivity index (χ4n) is 2.75. The van der Waals surface area contributed by atoms with Crippen LogP contribution in [0.15, 0.2) is 48.5 Å². The van der Waals surface area contributed by atoms with Crippen LogP contribution in [-0.4, -0.2) is 61.6 Å². The van der Waals surface area contributed by atoms with Gasteiger partial charge in [-0.2, -0.15) is 11.8 Å². The molecule has 2 amide bonds. The topological polar surface area (TPSA) is 58.6 Å². The van der Waals surface area contributed by atoms with E-state index in [-0.39, 0.29) is 24.2 Å². The third-order valence-electron chi connectivity index (χ3n) is 4.47. The first-order chi connectivity index (χ1) is 15.5. The molecule has 2 aromatic carbocycles. The van der Waals surface area contributed by atoms with Crippen LogP contribution in [0.5, 0.6) is 0 Å². The molecular formula is C23H28ClFN2O3S2. The van der Waals surface area contributed by atoms with E-state index in [1.807, 2.05) is 30.3 Å². The van der Waals surface area contributed by atoms with Crippen molar-refractivity contribution in [2.24, 2.45) is 0 Å². The number of hydrogen-bond donors (Lipinski definition) is 1. The Morgan fingerprint density at radius 2 is 1.88 bits per heavy atom. The summed E-state index contributed by atoms with van der Waals surface area (Å²) in [4.78, 5) is 26.4. The Kier molecular flexibility index (Phi) is 12.6. The van der Waals surface area contributed by atoms with E-state index in [2.05, 4.69) is 5.32 Å². The molecule has 0 heterocycles. The lowest BCUT2D eigenvalue weighted by Gasteiger charge is -2.22. The monoisotopic (exact) mass is 498 g/mol. The summed E-state index contributed by atoms with van der Waals surface area (Å²) in [5.74, 6) is 1.42. The van der Waals surface area contributed by atoms with Gasteiger partial charge in [0.1, 0.15) is 5.82 Å². The lowest BCUT2D eigenvalue weighted by Crippen LogP contribution is -2.43. The zero-order chi connectivity index (χ0) is 23.2. The van der Waals surface area contributed by atoms with Crippen molar-refractivity contribution in [1.82, 2.24) is 10.2 Å². The molecule has 0 aliphatic heterocycles. The predicted octanol–water partition coefficient (Wildman–Crippen LogP) is 4.24. The summed E-state index contributed by atoms with van der Waals surface area (Å²) < 4.78 is 18.9. The minimum Gasteiger partial charge on any atom is -0.383 e. The molecule has 9 heteroatoms. The standard InChI is InChI=1S/C23H28ClFN2O3S2/c1-30-12-11-27(23(29)17-32-15-18-6-3-2-4-7-18)14-22(28)26-10-13-31-16-19-20(24)8-5-9-21(19)25/h2-9H,10-17H2,1H3,(H,26,28). The molecule has 0 radical (unpaired) electrons. The summed E-state index contributed by atoms with van der Waals surface area (Å²) in [6, 6.07) is 14.5. The number of halogens is 2. The SMILES string of the molecule is COCCN(CC(=O)NCCSCc1c(F)cccc1Cl)C(=O)CSCc1ccccc1. The van der Waals surface area contributed by atoms with Gasteiger partial charge in [0.05, 0.1) is 18.9 Å². The van der Waals surface area contributed by atoms with Gasteiger partial charge >= 0.3 is 0 Å². The maximum atomic E-state index is 13.8. The average Bonchev–Trinajstić information content (AvgIpc) is 2.78. The molecule has 0 atom stereocenters. The molecule has 0 aliphatic carbocycles. The molecule has 0 saturated carbocycles. The first kappa shape index (κ1) is 26.5. The smallest absolute Gasteiger partial charge is 0.239 e. The molecule has 2 aromatic rings. The van der Waals surface area contributed by atoms with E-state index in [1.54, 1.807) is 19.2 Å². The Bertz CT molecular complexity index is 838. The van der Waals surface area contributed by atoms with Crippen molar-refractivity contribution in [2.45, 2.75) is 11.5 Å². The molecule has 1 N–H and O–H groups in total. The minimum absolute atomic E-state index is 0.0160. The van der Waals surface area contributed by atoms with Gasteiger partial charge in [-0.25, -0.2) is 4.39 Å². The molecule has 0 aliphatic rings. The van der Waals surface area contributed by atoms with Gasteiger partial charge in [0.25, 0.3) is 0 Å². The second-order valence-corrected chi connectivity index (χ2v) is 9.39. The summed E-state index contributed by atoms with van der Waals surface area (Å²) in [7, 11) is 1.56. The fourth-order valence-corrected chi connectivity index (χ4v) is 4.84. The summed E-state index contributed by atoms with van der Waals surface area (Å²) in [6.45, 7) is 1.12. The first-order valence-corrected chi connectivity index (χ1v) is 12.9. The third-order valence-corrected chi connectivity index (χ3v) is 6.79. The molecule has 5 nitrogen and oxygen atoms in total. The van der Waals surface area contributed by atoms with E-state index in [1.165, 1.54) is 34.5 Å². The Morgan fingerprint density at radius 1 is 1.09 bits per heavy atom. The van der Waals surface area contributed by atoms with Crippen LogP contribution < -0.4 is 5.32 Å². The fraction of sp³-hybridized carbons (Fsp3) is 0.391. The molecule has 174 valence electrons. The quantitative estimate of drug-likeness (QED) is 0.395. The maximum absolute atomic E-state index is 13.8. The van der Waals surface area contributed by atoms with E-state index in [9.17, 15) is 14.0 Å². The third kappa shape index (κ3) is 9.81. The van der Waals surface area contributed by atoms with Crippen LogP contribution >= 0.6 is 35.1 Å². The molecule has 0 fully saturated rings. The molecule has 0 aromatic heterocycles. The highest BCUT2D eigenvalue weighted by Crippen LogP contribution is 2.23. The van der Waals surface area contributed by atoms with E-state index in [0.29, 0.717) is 47.5 Å². The number of nitrogens with zero attached hydrogens (tertiary/aromatic N) is 1. The number of hydrogen-bond acceptors (Lipinski definition) is 5.